The number of Topliss-reactive ketones (excluding diaryl/α,β-unsaturated/α-hetero) is 2. The van der Waals surface area contributed by atoms with E-state index in [9.17, 15) is 31.9 Å². The molecule has 4 rings (SSSR count). The van der Waals surface area contributed by atoms with E-state index in [2.05, 4.69) is 10.3 Å². The summed E-state index contributed by atoms with van der Waals surface area (Å²) < 4.78 is 61.3. The predicted molar refractivity (Wildman–Crippen MR) is 142 cm³/mol. The van der Waals surface area contributed by atoms with Gasteiger partial charge in [0.1, 0.15) is 11.6 Å². The van der Waals surface area contributed by atoms with Gasteiger partial charge in [-0.05, 0) is 49.2 Å². The van der Waals surface area contributed by atoms with Crippen LogP contribution in [0.4, 0.5) is 17.6 Å². The number of ketones is 2. The Balaban J connectivity index is 1.74. The summed E-state index contributed by atoms with van der Waals surface area (Å²) in [5.41, 5.74) is -0.988. The van der Waals surface area contributed by atoms with Crippen LogP contribution in [0.5, 0.6) is 5.75 Å². The van der Waals surface area contributed by atoms with Gasteiger partial charge in [0, 0.05) is 28.6 Å². The van der Waals surface area contributed by atoms with E-state index in [4.69, 9.17) is 16.3 Å². The molecule has 13 heteroatoms. The largest absolute Gasteiger partial charge is 0.495 e. The fourth-order valence-corrected chi connectivity index (χ4v) is 4.61. The first kappa shape index (κ1) is 29.7. The highest BCUT2D eigenvalue weighted by Gasteiger charge is 2.35. The van der Waals surface area contributed by atoms with Crippen LogP contribution in [0, 0.1) is 5.82 Å². The van der Waals surface area contributed by atoms with Gasteiger partial charge in [-0.2, -0.15) is 13.2 Å². The molecule has 0 bridgehead atoms. The molecule has 0 N–H and O–H groups in total. The number of pyridine rings is 1. The number of hydrogen-bond acceptors (Lipinski definition) is 6. The summed E-state index contributed by atoms with van der Waals surface area (Å²) in [5, 5.41) is 6.99. The van der Waals surface area contributed by atoms with Crippen molar-refractivity contribution in [3.8, 4) is 22.6 Å². The highest BCUT2D eigenvalue weighted by molar-refractivity contribution is 6.31. The Morgan fingerprint density at radius 2 is 1.80 bits per heavy atom. The average molecular weight is 591 g/mol. The van der Waals surface area contributed by atoms with E-state index in [-0.39, 0.29) is 51.8 Å². The maximum Gasteiger partial charge on any atom is 0.436 e. The summed E-state index contributed by atoms with van der Waals surface area (Å²) in [6.07, 6.45) is -2.66. The number of methoxy groups -OCH3 is 1. The monoisotopic (exact) mass is 590 g/mol. The highest BCUT2D eigenvalue weighted by atomic mass is 35.5. The summed E-state index contributed by atoms with van der Waals surface area (Å²) in [7, 11) is 1.33. The van der Waals surface area contributed by atoms with Gasteiger partial charge in [-0.3, -0.25) is 14.4 Å². The molecule has 2 heterocycles. The minimum Gasteiger partial charge on any atom is -0.495 e. The molecule has 0 aliphatic rings. The molecule has 1 atom stereocenters. The van der Waals surface area contributed by atoms with Crippen LogP contribution in [-0.4, -0.2) is 38.2 Å². The van der Waals surface area contributed by atoms with Gasteiger partial charge in [0.2, 0.25) is 0 Å². The number of halogens is 5. The Morgan fingerprint density at radius 3 is 2.39 bits per heavy atom. The Morgan fingerprint density at radius 1 is 1.07 bits per heavy atom. The van der Waals surface area contributed by atoms with Gasteiger partial charge in [-0.1, -0.05) is 29.8 Å². The van der Waals surface area contributed by atoms with E-state index in [0.717, 1.165) is 10.7 Å². The maximum absolute atomic E-state index is 14.3. The predicted octanol–water partition coefficient (Wildman–Crippen LogP) is 5.88. The molecule has 2 aromatic carbocycles. The second kappa shape index (κ2) is 11.7. The van der Waals surface area contributed by atoms with Crippen molar-refractivity contribution in [2.24, 2.45) is 0 Å². The zero-order chi connectivity index (χ0) is 30.1. The van der Waals surface area contributed by atoms with Crippen molar-refractivity contribution in [1.82, 2.24) is 19.6 Å². The fraction of sp³-hybridized carbons (Fsp3) is 0.250. The SMILES string of the molecule is CC[C@@H](C(=O)Cc1ccc(C(C)=O)c(F)c1)n1cc(OC)c(-c2cc(Cl)ccc2-n2cc(C(F)(F)F)nn2)cc1=O. The van der Waals surface area contributed by atoms with E-state index in [1.165, 1.54) is 61.2 Å². The molecule has 214 valence electrons. The van der Waals surface area contributed by atoms with Crippen molar-refractivity contribution < 1.29 is 31.9 Å². The zero-order valence-electron chi connectivity index (χ0n) is 22.0. The van der Waals surface area contributed by atoms with E-state index >= 15 is 0 Å². The molecule has 0 saturated carbocycles. The van der Waals surface area contributed by atoms with Crippen LogP contribution >= 0.6 is 11.6 Å². The molecule has 0 amide bonds. The third-order valence-corrected chi connectivity index (χ3v) is 6.66. The van der Waals surface area contributed by atoms with Gasteiger partial charge in [0.15, 0.2) is 17.3 Å². The smallest absolute Gasteiger partial charge is 0.436 e. The van der Waals surface area contributed by atoms with Crippen LogP contribution in [0.2, 0.25) is 5.02 Å². The number of rotatable bonds is 9. The molecule has 0 saturated heterocycles. The Kier molecular flexibility index (Phi) is 8.43. The lowest BCUT2D eigenvalue weighted by Gasteiger charge is -2.20. The van der Waals surface area contributed by atoms with Crippen molar-refractivity contribution in [3.63, 3.8) is 0 Å². The summed E-state index contributed by atoms with van der Waals surface area (Å²) >= 11 is 6.19. The van der Waals surface area contributed by atoms with E-state index in [0.29, 0.717) is 11.8 Å². The van der Waals surface area contributed by atoms with Crippen molar-refractivity contribution in [2.45, 2.75) is 38.9 Å². The van der Waals surface area contributed by atoms with Gasteiger partial charge < -0.3 is 9.30 Å². The lowest BCUT2D eigenvalue weighted by atomic mass is 9.99. The summed E-state index contributed by atoms with van der Waals surface area (Å²) in [4.78, 5) is 38.1. The molecular formula is C28H23ClF4N4O4. The normalized spacial score (nSPS) is 12.3. The molecule has 0 radical (unpaired) electrons. The van der Waals surface area contributed by atoms with Crippen molar-refractivity contribution in [3.05, 3.63) is 92.9 Å². The first-order chi connectivity index (χ1) is 19.3. The second-order valence-electron chi connectivity index (χ2n) is 9.15. The third-order valence-electron chi connectivity index (χ3n) is 6.43. The van der Waals surface area contributed by atoms with Gasteiger partial charge in [-0.25, -0.2) is 9.07 Å². The number of alkyl halides is 3. The summed E-state index contributed by atoms with van der Waals surface area (Å²) in [5.74, 6) is -1.44. The molecular weight excluding hydrogens is 568 g/mol. The van der Waals surface area contributed by atoms with E-state index in [1.54, 1.807) is 6.92 Å². The summed E-state index contributed by atoms with van der Waals surface area (Å²) in [6.45, 7) is 2.94. The molecule has 0 spiro atoms. The molecule has 41 heavy (non-hydrogen) atoms. The fourth-order valence-electron chi connectivity index (χ4n) is 4.43. The zero-order valence-corrected chi connectivity index (χ0v) is 22.8. The lowest BCUT2D eigenvalue weighted by Crippen LogP contribution is -2.30. The first-order valence-corrected chi connectivity index (χ1v) is 12.6. The lowest BCUT2D eigenvalue weighted by molar-refractivity contribution is -0.141. The summed E-state index contributed by atoms with van der Waals surface area (Å²) in [6, 6.07) is 8.45. The van der Waals surface area contributed by atoms with Crippen LogP contribution in [0.25, 0.3) is 16.8 Å². The molecule has 8 nitrogen and oxygen atoms in total. The van der Waals surface area contributed by atoms with Crippen LogP contribution in [0.1, 0.15) is 47.9 Å². The number of carbonyl (C=O) groups excluding carboxylic acids is 2. The molecule has 4 aromatic rings. The van der Waals surface area contributed by atoms with Gasteiger partial charge >= 0.3 is 6.18 Å². The maximum atomic E-state index is 14.3. The van der Waals surface area contributed by atoms with E-state index < -0.39 is 35.1 Å². The van der Waals surface area contributed by atoms with Gasteiger partial charge in [0.05, 0.1) is 36.8 Å². The van der Waals surface area contributed by atoms with Crippen LogP contribution < -0.4 is 10.3 Å². The van der Waals surface area contributed by atoms with Crippen molar-refractivity contribution in [2.75, 3.05) is 7.11 Å². The molecule has 0 aliphatic carbocycles. The Hall–Kier alpha value is -4.32. The topological polar surface area (TPSA) is 96.1 Å². The first-order valence-electron chi connectivity index (χ1n) is 12.3. The quantitative estimate of drug-likeness (QED) is 0.178. The third kappa shape index (κ3) is 6.22. The van der Waals surface area contributed by atoms with Crippen molar-refractivity contribution >= 4 is 23.2 Å². The molecule has 0 unspecified atom stereocenters. The minimum atomic E-state index is -4.72. The Bertz CT molecular complexity index is 1700. The van der Waals surface area contributed by atoms with Gasteiger partial charge in [0.25, 0.3) is 5.56 Å². The highest BCUT2D eigenvalue weighted by Crippen LogP contribution is 2.36. The van der Waals surface area contributed by atoms with Crippen LogP contribution in [-0.2, 0) is 17.4 Å². The number of ether oxygens (including phenoxy) is 1. The van der Waals surface area contributed by atoms with E-state index in [1.807, 2.05) is 0 Å². The number of benzene rings is 2. The Labute approximate surface area is 236 Å². The van der Waals surface area contributed by atoms with Crippen LogP contribution in [0.15, 0.2) is 59.7 Å². The average Bonchev–Trinajstić information content (AvgIpc) is 3.40. The standard InChI is InChI=1S/C28H23ClF4N4O4/c1-4-22(24(39)10-16-5-7-18(15(2)38)21(30)9-16)36-13-25(41-3)20(12-27(36)40)19-11-17(29)6-8-23(19)37-14-26(34-35-37)28(31,32)33/h5-9,11-14,22H,4,10H2,1-3H3/t22-/m0/s1. The minimum absolute atomic E-state index is 0.0920. The molecule has 0 fully saturated rings. The number of aromatic nitrogens is 4. The number of carbonyl (C=O) groups is 2. The van der Waals surface area contributed by atoms with Crippen LogP contribution in [0.3, 0.4) is 0 Å². The van der Waals surface area contributed by atoms with Gasteiger partial charge in [-0.15, -0.1) is 5.10 Å². The van der Waals surface area contributed by atoms with Crippen molar-refractivity contribution in [1.29, 1.82) is 0 Å². The number of nitrogens with zero attached hydrogens (tertiary/aromatic N) is 4. The molecule has 2 aromatic heterocycles. The second-order valence-corrected chi connectivity index (χ2v) is 9.58. The number of hydrogen-bond donors (Lipinski definition) is 0. The molecule has 0 aliphatic heterocycles.